The largest absolute Gasteiger partial charge is 0.508 e. The van der Waals surface area contributed by atoms with E-state index < -0.39 is 0 Å². The van der Waals surface area contributed by atoms with Gasteiger partial charge in [0, 0.05) is 23.6 Å². The van der Waals surface area contributed by atoms with E-state index in [1.54, 1.807) is 0 Å². The standard InChI is InChI=1S/C18H25NO/c1-5-10-19-11-9-18(4)16-13(7-6-8-14(16)20)12-15(19)17(18,2)3/h5-8,15,20H,1,9-12H2,2-4H3/t15-,18+/m1/s1. The minimum absolute atomic E-state index is 0.0499. The van der Waals surface area contributed by atoms with Gasteiger partial charge in [-0.05, 0) is 36.4 Å². The van der Waals surface area contributed by atoms with Crippen LogP contribution in [0, 0.1) is 5.41 Å². The minimum atomic E-state index is 0.0499. The van der Waals surface area contributed by atoms with Crippen molar-refractivity contribution >= 4 is 0 Å². The van der Waals surface area contributed by atoms with E-state index in [9.17, 15) is 5.11 Å². The molecule has 0 unspecified atom stereocenters. The number of rotatable bonds is 2. The number of phenols is 1. The number of hydrogen-bond donors (Lipinski definition) is 1. The monoisotopic (exact) mass is 271 g/mol. The lowest BCUT2D eigenvalue weighted by Gasteiger charge is -2.60. The third-order valence-electron chi connectivity index (χ3n) is 6.05. The van der Waals surface area contributed by atoms with Crippen LogP contribution in [0.4, 0.5) is 0 Å². The second-order valence-corrected chi connectivity index (χ2v) is 7.12. The third kappa shape index (κ3) is 1.61. The highest BCUT2D eigenvalue weighted by atomic mass is 16.3. The zero-order valence-corrected chi connectivity index (χ0v) is 12.8. The van der Waals surface area contributed by atoms with Crippen molar-refractivity contribution in [1.29, 1.82) is 0 Å². The summed E-state index contributed by atoms with van der Waals surface area (Å²) >= 11 is 0. The third-order valence-corrected chi connectivity index (χ3v) is 6.05. The van der Waals surface area contributed by atoms with Crippen LogP contribution in [-0.4, -0.2) is 29.1 Å². The molecule has 108 valence electrons. The van der Waals surface area contributed by atoms with Crippen LogP contribution < -0.4 is 0 Å². The Labute approximate surface area is 122 Å². The van der Waals surface area contributed by atoms with Gasteiger partial charge >= 0.3 is 0 Å². The van der Waals surface area contributed by atoms with Gasteiger partial charge in [0.2, 0.25) is 0 Å². The Morgan fingerprint density at radius 3 is 2.85 bits per heavy atom. The molecule has 1 heterocycles. The summed E-state index contributed by atoms with van der Waals surface area (Å²) in [6, 6.07) is 6.53. The van der Waals surface area contributed by atoms with Crippen molar-refractivity contribution in [2.45, 2.75) is 45.1 Å². The van der Waals surface area contributed by atoms with Gasteiger partial charge in [0.15, 0.2) is 0 Å². The van der Waals surface area contributed by atoms with E-state index in [2.05, 4.69) is 38.3 Å². The summed E-state index contributed by atoms with van der Waals surface area (Å²) in [6.45, 7) is 13.0. The van der Waals surface area contributed by atoms with Crippen LogP contribution in [0.3, 0.4) is 0 Å². The molecule has 2 aliphatic rings. The van der Waals surface area contributed by atoms with E-state index >= 15 is 0 Å². The van der Waals surface area contributed by atoms with Crippen molar-refractivity contribution in [1.82, 2.24) is 4.90 Å². The molecule has 1 N–H and O–H groups in total. The molecule has 0 saturated carbocycles. The number of nitrogens with zero attached hydrogens (tertiary/aromatic N) is 1. The van der Waals surface area contributed by atoms with Gasteiger partial charge in [-0.2, -0.15) is 0 Å². The van der Waals surface area contributed by atoms with Gasteiger partial charge in [-0.3, -0.25) is 4.90 Å². The Morgan fingerprint density at radius 2 is 2.15 bits per heavy atom. The highest BCUT2D eigenvalue weighted by Gasteiger charge is 2.56. The van der Waals surface area contributed by atoms with E-state index in [1.165, 1.54) is 11.1 Å². The molecule has 1 fully saturated rings. The fraction of sp³-hybridized carbons (Fsp3) is 0.556. The van der Waals surface area contributed by atoms with Crippen LogP contribution in [0.1, 0.15) is 38.3 Å². The van der Waals surface area contributed by atoms with Crippen molar-refractivity contribution < 1.29 is 5.11 Å². The quantitative estimate of drug-likeness (QED) is 0.832. The molecule has 20 heavy (non-hydrogen) atoms. The summed E-state index contributed by atoms with van der Waals surface area (Å²) in [5.41, 5.74) is 2.72. The second kappa shape index (κ2) is 4.36. The molecule has 2 nitrogen and oxygen atoms in total. The summed E-state index contributed by atoms with van der Waals surface area (Å²) in [4.78, 5) is 2.56. The van der Waals surface area contributed by atoms with Gasteiger partial charge in [0.1, 0.15) is 5.75 Å². The van der Waals surface area contributed by atoms with Gasteiger partial charge in [-0.15, -0.1) is 6.58 Å². The molecule has 0 aromatic heterocycles. The minimum Gasteiger partial charge on any atom is -0.508 e. The average molecular weight is 271 g/mol. The van der Waals surface area contributed by atoms with Crippen LogP contribution in [-0.2, 0) is 11.8 Å². The number of likely N-dealkylation sites (tertiary alicyclic amines) is 1. The van der Waals surface area contributed by atoms with Crippen LogP contribution in [0.2, 0.25) is 0 Å². The first kappa shape index (κ1) is 13.7. The predicted molar refractivity (Wildman–Crippen MR) is 83.1 cm³/mol. The average Bonchev–Trinajstić information content (AvgIpc) is 2.37. The molecule has 1 aliphatic heterocycles. The SMILES string of the molecule is C=CCN1CC[C@@]2(C)c3c(O)cccc3C[C@@H]1C2(C)C. The van der Waals surface area contributed by atoms with Crippen molar-refractivity contribution in [3.05, 3.63) is 42.0 Å². The summed E-state index contributed by atoms with van der Waals surface area (Å²) in [5, 5.41) is 10.4. The van der Waals surface area contributed by atoms with Crippen LogP contribution in [0.25, 0.3) is 0 Å². The summed E-state index contributed by atoms with van der Waals surface area (Å²) < 4.78 is 0. The first-order valence-electron chi connectivity index (χ1n) is 7.58. The van der Waals surface area contributed by atoms with Crippen molar-refractivity contribution in [3.63, 3.8) is 0 Å². The molecule has 2 bridgehead atoms. The Hall–Kier alpha value is -1.28. The maximum atomic E-state index is 10.4. The maximum Gasteiger partial charge on any atom is 0.119 e. The lowest BCUT2D eigenvalue weighted by Crippen LogP contribution is -2.63. The van der Waals surface area contributed by atoms with E-state index in [1.807, 2.05) is 18.2 Å². The second-order valence-electron chi connectivity index (χ2n) is 7.12. The smallest absolute Gasteiger partial charge is 0.119 e. The topological polar surface area (TPSA) is 23.5 Å². The van der Waals surface area contributed by atoms with E-state index in [4.69, 9.17) is 0 Å². The Bertz CT molecular complexity index is 548. The zero-order chi connectivity index (χ0) is 14.5. The number of piperidine rings is 1. The first-order valence-corrected chi connectivity index (χ1v) is 7.58. The van der Waals surface area contributed by atoms with Crippen LogP contribution in [0.15, 0.2) is 30.9 Å². The molecular weight excluding hydrogens is 246 g/mol. The molecule has 1 saturated heterocycles. The van der Waals surface area contributed by atoms with E-state index in [-0.39, 0.29) is 10.8 Å². The van der Waals surface area contributed by atoms with Gasteiger partial charge in [0.25, 0.3) is 0 Å². The van der Waals surface area contributed by atoms with Gasteiger partial charge in [-0.1, -0.05) is 39.0 Å². The summed E-state index contributed by atoms with van der Waals surface area (Å²) in [6.07, 6.45) is 4.13. The number of fused-ring (bicyclic) bond motifs is 4. The van der Waals surface area contributed by atoms with Crippen molar-refractivity contribution in [3.8, 4) is 5.75 Å². The molecule has 2 atom stereocenters. The molecule has 1 aromatic rings. The molecule has 0 radical (unpaired) electrons. The van der Waals surface area contributed by atoms with Crippen LogP contribution in [0.5, 0.6) is 5.75 Å². The highest BCUT2D eigenvalue weighted by Crippen LogP contribution is 2.57. The lowest BCUT2D eigenvalue weighted by atomic mass is 9.51. The van der Waals surface area contributed by atoms with Crippen molar-refractivity contribution in [2.24, 2.45) is 5.41 Å². The Kier molecular flexibility index (Phi) is 2.98. The molecule has 3 rings (SSSR count). The van der Waals surface area contributed by atoms with E-state index in [0.717, 1.165) is 25.9 Å². The van der Waals surface area contributed by atoms with Gasteiger partial charge in [-0.25, -0.2) is 0 Å². The number of aromatic hydroxyl groups is 1. The van der Waals surface area contributed by atoms with Gasteiger partial charge < -0.3 is 5.11 Å². The summed E-state index contributed by atoms with van der Waals surface area (Å²) in [5.74, 6) is 0.480. The van der Waals surface area contributed by atoms with Crippen molar-refractivity contribution in [2.75, 3.05) is 13.1 Å². The molecule has 1 aromatic carbocycles. The zero-order valence-electron chi connectivity index (χ0n) is 12.8. The maximum absolute atomic E-state index is 10.4. The number of phenolic OH excluding ortho intramolecular Hbond substituents is 1. The first-order chi connectivity index (χ1) is 9.41. The summed E-state index contributed by atoms with van der Waals surface area (Å²) in [7, 11) is 0. The number of benzene rings is 1. The fourth-order valence-corrected chi connectivity index (χ4v) is 4.49. The van der Waals surface area contributed by atoms with E-state index in [0.29, 0.717) is 11.8 Å². The fourth-order valence-electron chi connectivity index (χ4n) is 4.49. The molecule has 2 heteroatoms. The Morgan fingerprint density at radius 1 is 1.40 bits per heavy atom. The number of hydrogen-bond acceptors (Lipinski definition) is 2. The molecule has 0 spiro atoms. The Balaban J connectivity index is 2.16. The molecule has 0 amide bonds. The highest BCUT2D eigenvalue weighted by molar-refractivity contribution is 5.49. The predicted octanol–water partition coefficient (Wildman–Crippen LogP) is 3.49. The van der Waals surface area contributed by atoms with Gasteiger partial charge in [0.05, 0.1) is 0 Å². The van der Waals surface area contributed by atoms with Crippen LogP contribution >= 0.6 is 0 Å². The lowest BCUT2D eigenvalue weighted by molar-refractivity contribution is -0.0330. The normalized spacial score (nSPS) is 31.6. The molecule has 1 aliphatic carbocycles. The molecular formula is C18H25NO.